The van der Waals surface area contributed by atoms with Crippen LogP contribution < -0.4 is 4.74 Å². The maximum Gasteiger partial charge on any atom is 0.210 e. The Kier molecular flexibility index (Phi) is 7.53. The molecule has 34 heavy (non-hydrogen) atoms. The molecule has 5 aromatic rings. The second kappa shape index (κ2) is 11.1. The second-order valence-corrected chi connectivity index (χ2v) is 9.33. The van der Waals surface area contributed by atoms with Crippen LogP contribution in [0.2, 0.25) is 0 Å². The molecule has 0 aliphatic rings. The largest absolute Gasteiger partial charge is 0.456 e. The summed E-state index contributed by atoms with van der Waals surface area (Å²) in [4.78, 5) is 0.407. The Hall–Kier alpha value is -4.15. The van der Waals surface area contributed by atoms with E-state index >= 15 is 0 Å². The lowest BCUT2D eigenvalue weighted by Crippen LogP contribution is -2.03. The van der Waals surface area contributed by atoms with Gasteiger partial charge in [-0.2, -0.15) is 0 Å². The van der Waals surface area contributed by atoms with Crippen LogP contribution in [0.1, 0.15) is 0 Å². The molecule has 0 spiro atoms. The Balaban J connectivity index is 0.000000192. The van der Waals surface area contributed by atoms with Crippen molar-refractivity contribution in [1.29, 1.82) is 0 Å². The topological polar surface area (TPSA) is 43.4 Å². The third-order valence-electron chi connectivity index (χ3n) is 5.04. The molecule has 3 nitrogen and oxygen atoms in total. The van der Waals surface area contributed by atoms with Crippen LogP contribution in [-0.2, 0) is 9.84 Å². The van der Waals surface area contributed by atoms with Gasteiger partial charge in [-0.15, -0.1) is 0 Å². The molecule has 0 aromatic heterocycles. The van der Waals surface area contributed by atoms with Crippen molar-refractivity contribution in [3.05, 3.63) is 146 Å². The molecule has 168 valence electrons. The predicted molar refractivity (Wildman–Crippen MR) is 137 cm³/mol. The van der Waals surface area contributed by atoms with Gasteiger partial charge in [0.05, 0.1) is 4.90 Å². The molecule has 4 heteroatoms. The summed E-state index contributed by atoms with van der Waals surface area (Å²) in [6.45, 7) is 0. The number of hydrogen-bond donors (Lipinski definition) is 0. The van der Waals surface area contributed by atoms with E-state index in [0.29, 0.717) is 11.5 Å². The number of sulfone groups is 1. The van der Waals surface area contributed by atoms with Gasteiger partial charge >= 0.3 is 0 Å². The first-order chi connectivity index (χ1) is 16.6. The van der Waals surface area contributed by atoms with Crippen LogP contribution in [0, 0.1) is 0 Å². The van der Waals surface area contributed by atoms with Gasteiger partial charge in [-0.05, 0) is 47.5 Å². The van der Waals surface area contributed by atoms with Crippen LogP contribution in [0.4, 0.5) is 0 Å². The molecule has 0 heterocycles. The Morgan fingerprint density at radius 3 is 1.38 bits per heavy atom. The van der Waals surface area contributed by atoms with E-state index in [1.54, 1.807) is 66.7 Å². The van der Waals surface area contributed by atoms with Gasteiger partial charge in [-0.25, -0.2) is 8.42 Å². The van der Waals surface area contributed by atoms with Crippen molar-refractivity contribution >= 4 is 9.84 Å². The highest BCUT2D eigenvalue weighted by atomic mass is 32.2. The highest BCUT2D eigenvalue weighted by Gasteiger charge is 2.22. The fraction of sp³-hybridized carbons (Fsp3) is 0. The lowest BCUT2D eigenvalue weighted by atomic mass is 10.1. The summed E-state index contributed by atoms with van der Waals surface area (Å²) < 4.78 is 31.3. The smallest absolute Gasteiger partial charge is 0.210 e. The summed E-state index contributed by atoms with van der Waals surface area (Å²) >= 11 is 0. The first-order valence-electron chi connectivity index (χ1n) is 10.9. The molecule has 0 saturated heterocycles. The van der Waals surface area contributed by atoms with Gasteiger partial charge in [-0.3, -0.25) is 0 Å². The lowest BCUT2D eigenvalue weighted by molar-refractivity contribution is 0.467. The van der Waals surface area contributed by atoms with Crippen LogP contribution in [-0.4, -0.2) is 8.42 Å². The monoisotopic (exact) mass is 464 g/mol. The summed E-state index contributed by atoms with van der Waals surface area (Å²) in [6.07, 6.45) is 0. The van der Waals surface area contributed by atoms with Gasteiger partial charge in [0, 0.05) is 0 Å². The average Bonchev–Trinajstić information content (AvgIpc) is 2.91. The highest BCUT2D eigenvalue weighted by molar-refractivity contribution is 7.91. The normalized spacial score (nSPS) is 10.6. The molecule has 0 saturated carbocycles. The Morgan fingerprint density at radius 1 is 0.441 bits per heavy atom. The standard InChI is InChI=1S/C18H14O3S.C12H10/c19-22(20,16-11-5-2-6-12-16)18-14-8-7-13-17(18)21-15-9-3-1-4-10-15;1-3-7-11(8-4-1)12-9-5-2-6-10-12/h1-14H;1-10H. The summed E-state index contributed by atoms with van der Waals surface area (Å²) in [7, 11) is -3.61. The lowest BCUT2D eigenvalue weighted by Gasteiger charge is -2.11. The van der Waals surface area contributed by atoms with E-state index in [4.69, 9.17) is 4.74 Å². The van der Waals surface area contributed by atoms with Crippen LogP contribution >= 0.6 is 0 Å². The van der Waals surface area contributed by atoms with Gasteiger partial charge in [0.25, 0.3) is 0 Å². The molecule has 0 radical (unpaired) electrons. The molecule has 0 bridgehead atoms. The Labute approximate surface area is 200 Å². The number of ether oxygens (including phenoxy) is 1. The summed E-state index contributed by atoms with van der Waals surface area (Å²) in [5.74, 6) is 0.913. The third kappa shape index (κ3) is 5.80. The molecule has 0 aliphatic carbocycles. The molecule has 5 rings (SSSR count). The number of benzene rings is 5. The number of para-hydroxylation sites is 2. The van der Waals surface area contributed by atoms with Crippen LogP contribution in [0.5, 0.6) is 11.5 Å². The Bertz CT molecular complexity index is 1360. The number of hydrogen-bond acceptors (Lipinski definition) is 3. The molecule has 0 aliphatic heterocycles. The van der Waals surface area contributed by atoms with Crippen molar-refractivity contribution in [3.63, 3.8) is 0 Å². The van der Waals surface area contributed by atoms with E-state index in [-0.39, 0.29) is 9.79 Å². The van der Waals surface area contributed by atoms with Crippen molar-refractivity contribution in [2.45, 2.75) is 9.79 Å². The van der Waals surface area contributed by atoms with Gasteiger partial charge in [-0.1, -0.05) is 109 Å². The van der Waals surface area contributed by atoms with Crippen molar-refractivity contribution < 1.29 is 13.2 Å². The molecular formula is C30H24O3S. The predicted octanol–water partition coefficient (Wildman–Crippen LogP) is 7.67. The fourth-order valence-electron chi connectivity index (χ4n) is 3.36. The molecular weight excluding hydrogens is 440 g/mol. The molecule has 0 fully saturated rings. The summed E-state index contributed by atoms with van der Waals surface area (Å²) in [5.41, 5.74) is 2.55. The van der Waals surface area contributed by atoms with Crippen LogP contribution in [0.15, 0.2) is 155 Å². The fourth-order valence-corrected chi connectivity index (χ4v) is 4.76. The van der Waals surface area contributed by atoms with E-state index < -0.39 is 9.84 Å². The SMILES string of the molecule is O=S(=O)(c1ccccc1)c1ccccc1Oc1ccccc1.c1ccc(-c2ccccc2)cc1. The van der Waals surface area contributed by atoms with Crippen molar-refractivity contribution in [2.75, 3.05) is 0 Å². The minimum Gasteiger partial charge on any atom is -0.456 e. The van der Waals surface area contributed by atoms with E-state index in [1.807, 2.05) is 30.3 Å². The van der Waals surface area contributed by atoms with Gasteiger partial charge in [0.1, 0.15) is 16.4 Å². The van der Waals surface area contributed by atoms with Crippen molar-refractivity contribution in [2.24, 2.45) is 0 Å². The zero-order valence-corrected chi connectivity index (χ0v) is 19.3. The molecule has 0 N–H and O–H groups in total. The zero-order chi connectivity index (χ0) is 23.6. The molecule has 0 amide bonds. The van der Waals surface area contributed by atoms with E-state index in [9.17, 15) is 8.42 Å². The first kappa shape index (κ1) is 23.0. The quantitative estimate of drug-likeness (QED) is 0.268. The zero-order valence-electron chi connectivity index (χ0n) is 18.5. The molecule has 0 atom stereocenters. The van der Waals surface area contributed by atoms with E-state index in [2.05, 4.69) is 48.5 Å². The van der Waals surface area contributed by atoms with E-state index in [1.165, 1.54) is 11.1 Å². The molecule has 0 unspecified atom stereocenters. The van der Waals surface area contributed by atoms with Crippen molar-refractivity contribution in [1.82, 2.24) is 0 Å². The summed E-state index contributed by atoms with van der Waals surface area (Å²) in [5, 5.41) is 0. The molecule has 5 aromatic carbocycles. The third-order valence-corrected chi connectivity index (χ3v) is 6.85. The second-order valence-electron chi connectivity index (χ2n) is 7.41. The minimum atomic E-state index is -3.61. The van der Waals surface area contributed by atoms with E-state index in [0.717, 1.165) is 0 Å². The number of rotatable bonds is 5. The van der Waals surface area contributed by atoms with Gasteiger partial charge in [0.2, 0.25) is 9.84 Å². The van der Waals surface area contributed by atoms with Crippen molar-refractivity contribution in [3.8, 4) is 22.6 Å². The minimum absolute atomic E-state index is 0.157. The Morgan fingerprint density at radius 2 is 0.853 bits per heavy atom. The summed E-state index contributed by atoms with van der Waals surface area (Å²) in [6, 6.07) is 44.9. The van der Waals surface area contributed by atoms with Crippen LogP contribution in [0.25, 0.3) is 11.1 Å². The maximum atomic E-state index is 12.8. The average molecular weight is 465 g/mol. The maximum absolute atomic E-state index is 12.8. The van der Waals surface area contributed by atoms with Gasteiger partial charge in [0.15, 0.2) is 0 Å². The van der Waals surface area contributed by atoms with Crippen LogP contribution in [0.3, 0.4) is 0 Å². The van der Waals surface area contributed by atoms with Gasteiger partial charge < -0.3 is 4.74 Å². The highest BCUT2D eigenvalue weighted by Crippen LogP contribution is 2.32. The first-order valence-corrected chi connectivity index (χ1v) is 12.4.